The van der Waals surface area contributed by atoms with E-state index in [1.54, 1.807) is 0 Å². The first-order valence-electron chi connectivity index (χ1n) is 3.40. The second-order valence-electron chi connectivity index (χ2n) is 2.35. The number of hydrogen-bond acceptors (Lipinski definition) is 1. The average Bonchev–Trinajstić information content (AvgIpc) is 2.03. The van der Waals surface area contributed by atoms with E-state index in [1.165, 1.54) is 18.2 Å². The van der Waals surface area contributed by atoms with Crippen molar-refractivity contribution in [2.75, 3.05) is 0 Å². The van der Waals surface area contributed by atoms with Crippen LogP contribution in [0.2, 0.25) is 5.02 Å². The molecule has 0 spiro atoms. The zero-order valence-corrected chi connectivity index (χ0v) is 7.05. The van der Waals surface area contributed by atoms with E-state index in [4.69, 9.17) is 11.6 Å². The van der Waals surface area contributed by atoms with Gasteiger partial charge in [-0.1, -0.05) is 23.7 Å². The molecule has 0 aliphatic carbocycles. The van der Waals surface area contributed by atoms with Gasteiger partial charge in [0.2, 0.25) is 0 Å². The van der Waals surface area contributed by atoms with Gasteiger partial charge in [-0.3, -0.25) is 0 Å². The maximum atomic E-state index is 13.0. The monoisotopic (exact) mass is 186 g/mol. The first-order chi connectivity index (χ1) is 5.65. The van der Waals surface area contributed by atoms with Gasteiger partial charge in [-0.05, 0) is 12.1 Å². The molecule has 0 radical (unpaired) electrons. The van der Waals surface area contributed by atoms with E-state index in [1.807, 2.05) is 0 Å². The number of benzene rings is 1. The number of aliphatic hydroxyl groups excluding tert-OH is 1. The Morgan fingerprint density at radius 1 is 1.58 bits per heavy atom. The quantitative estimate of drug-likeness (QED) is 0.705. The molecule has 1 nitrogen and oxygen atoms in total. The summed E-state index contributed by atoms with van der Waals surface area (Å²) in [7, 11) is 0. The molecule has 64 valence electrons. The number of aliphatic hydroxyl groups is 1. The van der Waals surface area contributed by atoms with Gasteiger partial charge in [0.1, 0.15) is 5.82 Å². The molecule has 0 saturated heterocycles. The fourth-order valence-electron chi connectivity index (χ4n) is 0.868. The second-order valence-corrected chi connectivity index (χ2v) is 2.78. The second kappa shape index (κ2) is 3.70. The number of hydrogen-bond donors (Lipinski definition) is 1. The Morgan fingerprint density at radius 2 is 2.25 bits per heavy atom. The van der Waals surface area contributed by atoms with Crippen molar-refractivity contribution in [1.29, 1.82) is 0 Å². The van der Waals surface area contributed by atoms with Crippen LogP contribution < -0.4 is 0 Å². The van der Waals surface area contributed by atoms with E-state index >= 15 is 0 Å². The topological polar surface area (TPSA) is 20.2 Å². The summed E-state index contributed by atoms with van der Waals surface area (Å²) < 4.78 is 13.0. The molecule has 0 amide bonds. The fraction of sp³-hybridized carbons (Fsp3) is 0.111. The predicted octanol–water partition coefficient (Wildman–Crippen LogP) is 2.70. The van der Waals surface area contributed by atoms with Crippen LogP contribution in [-0.4, -0.2) is 5.11 Å². The SMILES string of the molecule is C=C[C@@H](O)c1ccc(Cl)cc1F. The highest BCUT2D eigenvalue weighted by atomic mass is 35.5. The Bertz CT molecular complexity index is 299. The smallest absolute Gasteiger partial charge is 0.130 e. The maximum Gasteiger partial charge on any atom is 0.130 e. The van der Waals surface area contributed by atoms with E-state index in [2.05, 4.69) is 6.58 Å². The van der Waals surface area contributed by atoms with Crippen LogP contribution in [0.3, 0.4) is 0 Å². The zero-order valence-electron chi connectivity index (χ0n) is 6.30. The Labute approximate surface area is 75.1 Å². The molecule has 12 heavy (non-hydrogen) atoms. The zero-order chi connectivity index (χ0) is 9.14. The van der Waals surface area contributed by atoms with E-state index in [0.29, 0.717) is 5.02 Å². The van der Waals surface area contributed by atoms with Crippen molar-refractivity contribution in [1.82, 2.24) is 0 Å². The summed E-state index contributed by atoms with van der Waals surface area (Å²) in [4.78, 5) is 0. The van der Waals surface area contributed by atoms with Gasteiger partial charge in [0.25, 0.3) is 0 Å². The van der Waals surface area contributed by atoms with E-state index in [0.717, 1.165) is 6.07 Å². The minimum atomic E-state index is -0.970. The minimum absolute atomic E-state index is 0.189. The van der Waals surface area contributed by atoms with Crippen molar-refractivity contribution in [3.8, 4) is 0 Å². The van der Waals surface area contributed by atoms with Crippen molar-refractivity contribution < 1.29 is 9.50 Å². The third-order valence-corrected chi connectivity index (χ3v) is 1.74. The third kappa shape index (κ3) is 1.84. The van der Waals surface area contributed by atoms with E-state index in [9.17, 15) is 9.50 Å². The standard InChI is InChI=1S/C9H8ClFO/c1-2-9(12)7-4-3-6(10)5-8(7)11/h2-5,9,12H,1H2/t9-/m1/s1. The molecule has 3 heteroatoms. The van der Waals surface area contributed by atoms with Crippen molar-refractivity contribution >= 4 is 11.6 Å². The molecule has 0 heterocycles. The lowest BCUT2D eigenvalue weighted by Crippen LogP contribution is -1.96. The highest BCUT2D eigenvalue weighted by Crippen LogP contribution is 2.20. The Balaban J connectivity index is 3.09. The van der Waals surface area contributed by atoms with E-state index < -0.39 is 11.9 Å². The van der Waals surface area contributed by atoms with Crippen LogP contribution in [-0.2, 0) is 0 Å². The molecule has 0 aliphatic rings. The number of halogens is 2. The van der Waals surface area contributed by atoms with Gasteiger partial charge in [-0.15, -0.1) is 6.58 Å². The van der Waals surface area contributed by atoms with Crippen molar-refractivity contribution in [2.24, 2.45) is 0 Å². The highest BCUT2D eigenvalue weighted by Gasteiger charge is 2.08. The van der Waals surface area contributed by atoms with Gasteiger partial charge in [0.05, 0.1) is 6.10 Å². The van der Waals surface area contributed by atoms with E-state index in [-0.39, 0.29) is 5.56 Å². The predicted molar refractivity (Wildman–Crippen MR) is 46.6 cm³/mol. The van der Waals surface area contributed by atoms with Crippen molar-refractivity contribution in [2.45, 2.75) is 6.10 Å². The molecule has 0 aliphatic heterocycles. The molecule has 0 aromatic heterocycles. The first kappa shape index (κ1) is 9.23. The molecule has 1 aromatic carbocycles. The Kier molecular flexibility index (Phi) is 2.84. The average molecular weight is 187 g/mol. The van der Waals surface area contributed by atoms with Gasteiger partial charge in [-0.25, -0.2) is 4.39 Å². The summed E-state index contributed by atoms with van der Waals surface area (Å²) in [6.45, 7) is 3.35. The molecule has 0 bridgehead atoms. The molecule has 1 aromatic rings. The summed E-state index contributed by atoms with van der Waals surface area (Å²) in [5.41, 5.74) is 0.189. The molecular formula is C9H8ClFO. The maximum absolute atomic E-state index is 13.0. The third-order valence-electron chi connectivity index (χ3n) is 1.50. The van der Waals surface area contributed by atoms with Crippen molar-refractivity contribution in [3.05, 3.63) is 47.3 Å². The summed E-state index contributed by atoms with van der Waals surface area (Å²) in [5, 5.41) is 9.51. The van der Waals surface area contributed by atoms with Crippen LogP contribution in [0, 0.1) is 5.82 Å². The lowest BCUT2D eigenvalue weighted by Gasteiger charge is -2.06. The summed E-state index contributed by atoms with van der Waals surface area (Å²) in [5.74, 6) is -0.519. The van der Waals surface area contributed by atoms with Crippen LogP contribution >= 0.6 is 11.6 Å². The van der Waals surface area contributed by atoms with Gasteiger partial charge in [0.15, 0.2) is 0 Å². The summed E-state index contributed by atoms with van der Waals surface area (Å²) in [6.07, 6.45) is 0.286. The van der Waals surface area contributed by atoms with Gasteiger partial charge < -0.3 is 5.11 Å². The van der Waals surface area contributed by atoms with Crippen LogP contribution in [0.15, 0.2) is 30.9 Å². The van der Waals surface area contributed by atoms with Gasteiger partial charge in [-0.2, -0.15) is 0 Å². The normalized spacial score (nSPS) is 12.6. The number of rotatable bonds is 2. The fourth-order valence-corrected chi connectivity index (χ4v) is 1.03. The Hall–Kier alpha value is -0.860. The molecule has 0 fully saturated rings. The molecule has 0 unspecified atom stereocenters. The molecule has 0 saturated carbocycles. The molecule has 1 N–H and O–H groups in total. The molecular weight excluding hydrogens is 179 g/mol. The van der Waals surface area contributed by atoms with Crippen LogP contribution in [0.1, 0.15) is 11.7 Å². The van der Waals surface area contributed by atoms with Gasteiger partial charge >= 0.3 is 0 Å². The van der Waals surface area contributed by atoms with Crippen LogP contribution in [0.25, 0.3) is 0 Å². The summed E-state index contributed by atoms with van der Waals surface area (Å²) in [6, 6.07) is 4.11. The van der Waals surface area contributed by atoms with Gasteiger partial charge in [0, 0.05) is 10.6 Å². The molecule has 1 atom stereocenters. The minimum Gasteiger partial charge on any atom is -0.384 e. The van der Waals surface area contributed by atoms with Crippen LogP contribution in [0.5, 0.6) is 0 Å². The Morgan fingerprint density at radius 3 is 2.75 bits per heavy atom. The lowest BCUT2D eigenvalue weighted by atomic mass is 10.1. The first-order valence-corrected chi connectivity index (χ1v) is 3.78. The lowest BCUT2D eigenvalue weighted by molar-refractivity contribution is 0.223. The summed E-state index contributed by atoms with van der Waals surface area (Å²) >= 11 is 5.52. The van der Waals surface area contributed by atoms with Crippen molar-refractivity contribution in [3.63, 3.8) is 0 Å². The molecule has 1 rings (SSSR count). The largest absolute Gasteiger partial charge is 0.384 e. The van der Waals surface area contributed by atoms with Crippen LogP contribution in [0.4, 0.5) is 4.39 Å². The highest BCUT2D eigenvalue weighted by molar-refractivity contribution is 6.30.